The van der Waals surface area contributed by atoms with E-state index < -0.39 is 12.5 Å². The maximum Gasteiger partial charge on any atom is 0.141 e. The first-order chi connectivity index (χ1) is 13.5. The summed E-state index contributed by atoms with van der Waals surface area (Å²) in [5.74, 6) is 0.0873. The Kier molecular flexibility index (Phi) is 6.86. The van der Waals surface area contributed by atoms with Crippen molar-refractivity contribution in [3.05, 3.63) is 58.4 Å². The molecule has 0 saturated carbocycles. The molecule has 1 aliphatic rings. The van der Waals surface area contributed by atoms with Crippen molar-refractivity contribution in [3.63, 3.8) is 0 Å². The van der Waals surface area contributed by atoms with E-state index in [1.807, 2.05) is 12.1 Å². The van der Waals surface area contributed by atoms with E-state index in [-0.39, 0.29) is 11.1 Å². The predicted octanol–water partition coefficient (Wildman–Crippen LogP) is 4.79. The molecule has 7 heteroatoms. The van der Waals surface area contributed by atoms with Crippen molar-refractivity contribution in [1.29, 1.82) is 0 Å². The number of hydrogen-bond donors (Lipinski definition) is 2. The van der Waals surface area contributed by atoms with E-state index >= 15 is 0 Å². The zero-order valence-corrected chi connectivity index (χ0v) is 16.5. The SMILES string of the molecule is CN=C(Nc1ccc(F)c(Cl)c1)c1ccc(CF)c(N2CCCC(O)CC2)c1. The molecule has 3 rings (SSSR count). The molecule has 0 radical (unpaired) electrons. The standard InChI is InChI=1S/C21H24ClF2N3O/c1-25-21(26-16-6-7-19(24)18(22)12-16)14-4-5-15(13-23)20(11-14)27-9-2-3-17(28)8-10-27/h4-7,11-12,17,28H,2-3,8-10,13H2,1H3,(H,25,26). The van der Waals surface area contributed by atoms with Crippen LogP contribution < -0.4 is 10.2 Å². The Morgan fingerprint density at radius 2 is 2.07 bits per heavy atom. The number of hydrogen-bond acceptors (Lipinski definition) is 3. The molecule has 28 heavy (non-hydrogen) atoms. The predicted molar refractivity (Wildman–Crippen MR) is 111 cm³/mol. The van der Waals surface area contributed by atoms with Gasteiger partial charge in [0.25, 0.3) is 0 Å². The van der Waals surface area contributed by atoms with Gasteiger partial charge in [0.1, 0.15) is 18.3 Å². The van der Waals surface area contributed by atoms with E-state index in [0.29, 0.717) is 30.1 Å². The molecule has 0 amide bonds. The Balaban J connectivity index is 1.88. The summed E-state index contributed by atoms with van der Waals surface area (Å²) < 4.78 is 27.0. The molecular formula is C21H24ClF2N3O. The summed E-state index contributed by atoms with van der Waals surface area (Å²) in [5.41, 5.74) is 2.83. The van der Waals surface area contributed by atoms with Crippen molar-refractivity contribution < 1.29 is 13.9 Å². The van der Waals surface area contributed by atoms with Crippen LogP contribution >= 0.6 is 11.6 Å². The highest BCUT2D eigenvalue weighted by Crippen LogP contribution is 2.27. The number of aliphatic hydroxyl groups is 1. The quantitative estimate of drug-likeness (QED) is 0.566. The van der Waals surface area contributed by atoms with E-state index in [0.717, 1.165) is 30.6 Å². The van der Waals surface area contributed by atoms with E-state index in [4.69, 9.17) is 11.6 Å². The largest absolute Gasteiger partial charge is 0.393 e. The van der Waals surface area contributed by atoms with Gasteiger partial charge in [-0.2, -0.15) is 0 Å². The van der Waals surface area contributed by atoms with Crippen LogP contribution in [0.15, 0.2) is 41.4 Å². The van der Waals surface area contributed by atoms with Crippen LogP contribution in [0.5, 0.6) is 0 Å². The first-order valence-electron chi connectivity index (χ1n) is 9.33. The lowest BCUT2D eigenvalue weighted by molar-refractivity contribution is 0.161. The fraction of sp³-hybridized carbons (Fsp3) is 0.381. The highest BCUT2D eigenvalue weighted by Gasteiger charge is 2.19. The van der Waals surface area contributed by atoms with Gasteiger partial charge in [-0.1, -0.05) is 23.7 Å². The molecule has 1 heterocycles. The molecule has 1 unspecified atom stereocenters. The van der Waals surface area contributed by atoms with E-state index in [1.54, 1.807) is 19.2 Å². The summed E-state index contributed by atoms with van der Waals surface area (Å²) in [7, 11) is 1.65. The number of aliphatic hydroxyl groups excluding tert-OH is 1. The van der Waals surface area contributed by atoms with Crippen LogP contribution in [0.3, 0.4) is 0 Å². The van der Waals surface area contributed by atoms with Crippen LogP contribution in [0, 0.1) is 5.82 Å². The van der Waals surface area contributed by atoms with Gasteiger partial charge in [-0.15, -0.1) is 0 Å². The van der Waals surface area contributed by atoms with Crippen molar-refractivity contribution in [2.45, 2.75) is 32.0 Å². The van der Waals surface area contributed by atoms with Gasteiger partial charge in [0.2, 0.25) is 0 Å². The molecule has 0 spiro atoms. The van der Waals surface area contributed by atoms with Gasteiger partial charge in [0.05, 0.1) is 11.1 Å². The zero-order valence-electron chi connectivity index (χ0n) is 15.8. The Morgan fingerprint density at radius 1 is 1.25 bits per heavy atom. The summed E-state index contributed by atoms with van der Waals surface area (Å²) in [6, 6.07) is 9.85. The third kappa shape index (κ3) is 4.80. The summed E-state index contributed by atoms with van der Waals surface area (Å²) in [6.07, 6.45) is 1.98. The van der Waals surface area contributed by atoms with Crippen LogP contribution in [0.25, 0.3) is 0 Å². The highest BCUT2D eigenvalue weighted by atomic mass is 35.5. The first-order valence-corrected chi connectivity index (χ1v) is 9.70. The van der Waals surface area contributed by atoms with Crippen molar-refractivity contribution in [1.82, 2.24) is 0 Å². The number of halogens is 3. The molecule has 1 fully saturated rings. The third-order valence-electron chi connectivity index (χ3n) is 4.95. The molecule has 4 nitrogen and oxygen atoms in total. The second kappa shape index (κ2) is 9.34. The Hall–Kier alpha value is -2.18. The van der Waals surface area contributed by atoms with E-state index in [9.17, 15) is 13.9 Å². The minimum Gasteiger partial charge on any atom is -0.393 e. The highest BCUT2D eigenvalue weighted by molar-refractivity contribution is 6.31. The molecule has 1 aliphatic heterocycles. The summed E-state index contributed by atoms with van der Waals surface area (Å²) in [4.78, 5) is 6.42. The molecule has 0 aliphatic carbocycles. The zero-order chi connectivity index (χ0) is 20.1. The normalized spacial score (nSPS) is 18.1. The number of benzene rings is 2. The second-order valence-corrected chi connectivity index (χ2v) is 7.28. The Morgan fingerprint density at radius 3 is 2.79 bits per heavy atom. The maximum absolute atomic E-state index is 13.6. The summed E-state index contributed by atoms with van der Waals surface area (Å²) in [6.45, 7) is 0.887. The lowest BCUT2D eigenvalue weighted by atomic mass is 10.1. The van der Waals surface area contributed by atoms with Gasteiger partial charge in [0.15, 0.2) is 0 Å². The summed E-state index contributed by atoms with van der Waals surface area (Å²) >= 11 is 5.86. The minimum absolute atomic E-state index is 0.0250. The molecular weight excluding hydrogens is 384 g/mol. The second-order valence-electron chi connectivity index (χ2n) is 6.87. The van der Waals surface area contributed by atoms with Crippen LogP contribution in [0.4, 0.5) is 20.2 Å². The molecule has 0 bridgehead atoms. The number of rotatable bonds is 4. The van der Waals surface area contributed by atoms with E-state index in [2.05, 4.69) is 15.2 Å². The molecule has 2 aromatic carbocycles. The van der Waals surface area contributed by atoms with Gasteiger partial charge in [0, 0.05) is 42.6 Å². The number of aliphatic imine (C=N–C) groups is 1. The number of alkyl halides is 1. The number of nitrogens with zero attached hydrogens (tertiary/aromatic N) is 2. The fourth-order valence-corrected chi connectivity index (χ4v) is 3.59. The van der Waals surface area contributed by atoms with Crippen molar-refractivity contribution in [3.8, 4) is 0 Å². The molecule has 2 N–H and O–H groups in total. The van der Waals surface area contributed by atoms with Gasteiger partial charge in [-0.25, -0.2) is 8.78 Å². The van der Waals surface area contributed by atoms with Crippen LogP contribution in [-0.4, -0.2) is 37.2 Å². The van der Waals surface area contributed by atoms with Crippen molar-refractivity contribution in [2.75, 3.05) is 30.4 Å². The van der Waals surface area contributed by atoms with Gasteiger partial charge in [-0.05, 0) is 43.5 Å². The van der Waals surface area contributed by atoms with Gasteiger partial charge >= 0.3 is 0 Å². The van der Waals surface area contributed by atoms with Crippen LogP contribution in [-0.2, 0) is 6.67 Å². The molecule has 1 saturated heterocycles. The fourth-order valence-electron chi connectivity index (χ4n) is 3.41. The smallest absolute Gasteiger partial charge is 0.141 e. The maximum atomic E-state index is 13.6. The van der Waals surface area contributed by atoms with E-state index in [1.165, 1.54) is 12.1 Å². The monoisotopic (exact) mass is 407 g/mol. The topological polar surface area (TPSA) is 47.9 Å². The lowest BCUT2D eigenvalue weighted by Gasteiger charge is -2.26. The average molecular weight is 408 g/mol. The van der Waals surface area contributed by atoms with Gasteiger partial charge in [-0.3, -0.25) is 4.99 Å². The molecule has 150 valence electrons. The third-order valence-corrected chi connectivity index (χ3v) is 5.24. The van der Waals surface area contributed by atoms with Gasteiger partial charge < -0.3 is 15.3 Å². The lowest BCUT2D eigenvalue weighted by Crippen LogP contribution is -2.26. The van der Waals surface area contributed by atoms with Crippen LogP contribution in [0.1, 0.15) is 30.4 Å². The van der Waals surface area contributed by atoms with Crippen molar-refractivity contribution >= 4 is 28.8 Å². The summed E-state index contributed by atoms with van der Waals surface area (Å²) in [5, 5.41) is 13.1. The Bertz CT molecular complexity index is 860. The Labute approximate surface area is 168 Å². The average Bonchev–Trinajstić information content (AvgIpc) is 2.92. The molecule has 0 aromatic heterocycles. The molecule has 1 atom stereocenters. The van der Waals surface area contributed by atoms with Crippen molar-refractivity contribution in [2.24, 2.45) is 4.99 Å². The number of anilines is 2. The van der Waals surface area contributed by atoms with Crippen LogP contribution in [0.2, 0.25) is 5.02 Å². The molecule has 2 aromatic rings. The number of nitrogens with one attached hydrogen (secondary N) is 1. The number of amidine groups is 1. The first kappa shape index (κ1) is 20.6. The minimum atomic E-state index is -0.561.